The van der Waals surface area contributed by atoms with Gasteiger partial charge in [0.15, 0.2) is 0 Å². The van der Waals surface area contributed by atoms with Crippen LogP contribution in [0.25, 0.3) is 0 Å². The molecular weight excluding hydrogens is 436 g/mol. The van der Waals surface area contributed by atoms with E-state index in [1.165, 1.54) is 11.3 Å². The van der Waals surface area contributed by atoms with Crippen LogP contribution in [-0.2, 0) is 22.4 Å². The quantitative estimate of drug-likeness (QED) is 0.670. The number of carboxylic acids is 1. The van der Waals surface area contributed by atoms with Crippen molar-refractivity contribution in [2.75, 3.05) is 10.6 Å². The number of hydrogen-bond donors (Lipinski definition) is 2. The molecule has 1 aliphatic rings. The predicted molar refractivity (Wildman–Crippen MR) is 122 cm³/mol. The number of benzene rings is 1. The van der Waals surface area contributed by atoms with Crippen LogP contribution in [-0.4, -0.2) is 17.8 Å². The van der Waals surface area contributed by atoms with E-state index in [1.54, 1.807) is 24.3 Å². The fourth-order valence-corrected chi connectivity index (χ4v) is 5.33. The summed E-state index contributed by atoms with van der Waals surface area (Å²) < 4.78 is 0. The van der Waals surface area contributed by atoms with Crippen molar-refractivity contribution in [3.8, 4) is 0 Å². The molecule has 0 spiro atoms. The molecule has 6 nitrogen and oxygen atoms in total. The Morgan fingerprint density at radius 3 is 2.52 bits per heavy atom. The summed E-state index contributed by atoms with van der Waals surface area (Å²) in [5, 5.41) is 17.2. The van der Waals surface area contributed by atoms with Gasteiger partial charge in [0.05, 0.1) is 16.3 Å². The topological polar surface area (TPSA) is 98.3 Å². The highest BCUT2D eigenvalue weighted by Crippen LogP contribution is 2.44. The molecular formula is C23H26ClN2O4S-. The van der Waals surface area contributed by atoms with Crippen LogP contribution in [0, 0.1) is 11.3 Å². The van der Waals surface area contributed by atoms with E-state index in [9.17, 15) is 19.5 Å². The Morgan fingerprint density at radius 2 is 1.87 bits per heavy atom. The lowest BCUT2D eigenvalue weighted by atomic mass is 9.72. The van der Waals surface area contributed by atoms with Crippen LogP contribution in [0.3, 0.4) is 0 Å². The summed E-state index contributed by atoms with van der Waals surface area (Å²) in [6.45, 7) is 6.64. The van der Waals surface area contributed by atoms with Crippen LogP contribution in [0.4, 0.5) is 10.7 Å². The van der Waals surface area contributed by atoms with Crippen LogP contribution < -0.4 is 15.7 Å². The van der Waals surface area contributed by atoms with Gasteiger partial charge in [0.1, 0.15) is 5.00 Å². The number of aliphatic carboxylic acids is 1. The van der Waals surface area contributed by atoms with Crippen molar-refractivity contribution < 1.29 is 19.5 Å². The van der Waals surface area contributed by atoms with Gasteiger partial charge >= 0.3 is 0 Å². The molecule has 166 valence electrons. The average molecular weight is 462 g/mol. The van der Waals surface area contributed by atoms with E-state index >= 15 is 0 Å². The summed E-state index contributed by atoms with van der Waals surface area (Å²) in [5.41, 5.74) is 2.02. The second-order valence-corrected chi connectivity index (χ2v) is 10.4. The van der Waals surface area contributed by atoms with Gasteiger partial charge in [0.2, 0.25) is 5.91 Å². The number of carbonyl (C=O) groups excluding carboxylic acids is 3. The maximum absolute atomic E-state index is 13.2. The molecule has 8 heteroatoms. The number of nitrogens with one attached hydrogen (secondary N) is 2. The first kappa shape index (κ1) is 23.3. The minimum absolute atomic E-state index is 0.138. The summed E-state index contributed by atoms with van der Waals surface area (Å²) in [4.78, 5) is 37.3. The molecule has 1 aromatic heterocycles. The highest BCUT2D eigenvalue weighted by atomic mass is 35.5. The van der Waals surface area contributed by atoms with Crippen molar-refractivity contribution in [1.29, 1.82) is 0 Å². The fraction of sp³-hybridized carbons (Fsp3) is 0.435. The number of amides is 2. The molecule has 1 atom stereocenters. The molecule has 1 aliphatic carbocycles. The Labute approximate surface area is 191 Å². The number of thiophene rings is 1. The number of carbonyl (C=O) groups is 3. The summed E-state index contributed by atoms with van der Waals surface area (Å²) in [5.74, 6) is -1.61. The van der Waals surface area contributed by atoms with Gasteiger partial charge in [0, 0.05) is 17.3 Å². The standard InChI is InChI=1S/C23H27ClN2O4S/c1-23(2,3)13-8-9-14-17(12-13)31-22(26-18(27)10-11-19(28)29)20(14)21(30)25-16-7-5-4-6-15(16)24/h4-7,13H,8-12H2,1-3H3,(H,25,30)(H,26,27)(H,28,29)/p-1/t13-/m1/s1. The fourth-order valence-electron chi connectivity index (χ4n) is 3.81. The Morgan fingerprint density at radius 1 is 1.16 bits per heavy atom. The largest absolute Gasteiger partial charge is 0.550 e. The molecule has 2 amide bonds. The van der Waals surface area contributed by atoms with Gasteiger partial charge in [0.25, 0.3) is 5.91 Å². The number of carboxylic acid groups (broad SMARTS) is 1. The zero-order chi connectivity index (χ0) is 22.8. The minimum atomic E-state index is -1.29. The van der Waals surface area contributed by atoms with Crippen molar-refractivity contribution in [2.24, 2.45) is 11.3 Å². The first-order valence-electron chi connectivity index (χ1n) is 10.3. The first-order chi connectivity index (χ1) is 14.6. The normalized spacial score (nSPS) is 15.8. The van der Waals surface area contributed by atoms with Crippen LogP contribution in [0.2, 0.25) is 5.02 Å². The summed E-state index contributed by atoms with van der Waals surface area (Å²) in [6, 6.07) is 6.96. The third-order valence-corrected chi connectivity index (χ3v) is 7.15. The average Bonchev–Trinajstić information content (AvgIpc) is 3.04. The lowest BCUT2D eigenvalue weighted by molar-refractivity contribution is -0.305. The van der Waals surface area contributed by atoms with E-state index in [0.717, 1.165) is 29.7 Å². The maximum Gasteiger partial charge on any atom is 0.258 e. The van der Waals surface area contributed by atoms with Crippen molar-refractivity contribution in [1.82, 2.24) is 0 Å². The molecule has 0 bridgehead atoms. The molecule has 0 radical (unpaired) electrons. The van der Waals surface area contributed by atoms with E-state index < -0.39 is 11.9 Å². The van der Waals surface area contributed by atoms with Gasteiger partial charge in [-0.1, -0.05) is 44.5 Å². The highest BCUT2D eigenvalue weighted by molar-refractivity contribution is 7.17. The third-order valence-electron chi connectivity index (χ3n) is 5.65. The van der Waals surface area contributed by atoms with Gasteiger partial charge in [-0.3, -0.25) is 9.59 Å². The molecule has 0 aliphatic heterocycles. The van der Waals surface area contributed by atoms with E-state index in [4.69, 9.17) is 11.6 Å². The number of para-hydroxylation sites is 1. The van der Waals surface area contributed by atoms with Gasteiger partial charge in [-0.2, -0.15) is 0 Å². The predicted octanol–water partition coefficient (Wildman–Crippen LogP) is 4.27. The molecule has 31 heavy (non-hydrogen) atoms. The zero-order valence-electron chi connectivity index (χ0n) is 17.8. The highest BCUT2D eigenvalue weighted by Gasteiger charge is 2.34. The second-order valence-electron chi connectivity index (χ2n) is 8.87. The smallest absolute Gasteiger partial charge is 0.258 e. The van der Waals surface area contributed by atoms with Gasteiger partial charge < -0.3 is 20.5 Å². The van der Waals surface area contributed by atoms with Crippen LogP contribution >= 0.6 is 22.9 Å². The zero-order valence-corrected chi connectivity index (χ0v) is 19.4. The summed E-state index contributed by atoms with van der Waals surface area (Å²) in [7, 11) is 0. The number of anilines is 2. The summed E-state index contributed by atoms with van der Waals surface area (Å²) in [6.07, 6.45) is 1.96. The van der Waals surface area contributed by atoms with Crippen molar-refractivity contribution in [2.45, 2.75) is 52.9 Å². The molecule has 1 aromatic carbocycles. The lowest BCUT2D eigenvalue weighted by Gasteiger charge is -2.33. The molecule has 0 fully saturated rings. The molecule has 0 unspecified atom stereocenters. The van der Waals surface area contributed by atoms with Gasteiger partial charge in [-0.05, 0) is 54.7 Å². The van der Waals surface area contributed by atoms with Gasteiger partial charge in [-0.15, -0.1) is 11.3 Å². The molecule has 2 aromatic rings. The summed E-state index contributed by atoms with van der Waals surface area (Å²) >= 11 is 7.59. The van der Waals surface area contributed by atoms with Crippen LogP contribution in [0.5, 0.6) is 0 Å². The molecule has 3 rings (SSSR count). The Hall–Kier alpha value is -2.38. The monoisotopic (exact) mass is 461 g/mol. The SMILES string of the molecule is CC(C)(C)[C@@H]1CCc2c(sc(NC(=O)CCC(=O)[O-])c2C(=O)Nc2ccccc2Cl)C1. The first-order valence-corrected chi connectivity index (χ1v) is 11.5. The van der Waals surface area contributed by atoms with E-state index in [-0.39, 0.29) is 24.2 Å². The maximum atomic E-state index is 13.2. The number of halogens is 1. The van der Waals surface area contributed by atoms with Crippen molar-refractivity contribution in [3.63, 3.8) is 0 Å². The number of hydrogen-bond acceptors (Lipinski definition) is 5. The van der Waals surface area contributed by atoms with E-state index in [0.29, 0.717) is 27.2 Å². The molecule has 1 heterocycles. The molecule has 0 saturated carbocycles. The Kier molecular flexibility index (Phi) is 7.06. The third kappa shape index (κ3) is 5.66. The second kappa shape index (κ2) is 9.40. The van der Waals surface area contributed by atoms with E-state index in [1.807, 2.05) is 0 Å². The molecule has 0 saturated heterocycles. The lowest BCUT2D eigenvalue weighted by Crippen LogP contribution is -2.27. The number of fused-ring (bicyclic) bond motifs is 1. The number of rotatable bonds is 6. The van der Waals surface area contributed by atoms with Crippen LogP contribution in [0.15, 0.2) is 24.3 Å². The Bertz CT molecular complexity index is 1010. The van der Waals surface area contributed by atoms with E-state index in [2.05, 4.69) is 31.4 Å². The Balaban J connectivity index is 1.92. The van der Waals surface area contributed by atoms with Gasteiger partial charge in [-0.25, -0.2) is 0 Å². The van der Waals surface area contributed by atoms with Crippen molar-refractivity contribution >= 4 is 51.4 Å². The van der Waals surface area contributed by atoms with Crippen molar-refractivity contribution in [3.05, 3.63) is 45.3 Å². The minimum Gasteiger partial charge on any atom is -0.550 e. The molecule has 2 N–H and O–H groups in total. The van der Waals surface area contributed by atoms with Crippen LogP contribution in [0.1, 0.15) is 60.8 Å².